The number of hydrogen-bond acceptors (Lipinski definition) is 4. The zero-order chi connectivity index (χ0) is 21.7. The summed E-state index contributed by atoms with van der Waals surface area (Å²) in [6.45, 7) is 18.8. The summed E-state index contributed by atoms with van der Waals surface area (Å²) in [5.41, 5.74) is 0.450. The third kappa shape index (κ3) is 6.28. The second-order valence-electron chi connectivity index (χ2n) is 9.33. The van der Waals surface area contributed by atoms with Gasteiger partial charge in [0.15, 0.2) is 20.2 Å². The first kappa shape index (κ1) is 24.6. The average Bonchev–Trinajstić information content (AvgIpc) is 2.63. The number of ether oxygens (including phenoxy) is 1. The van der Waals surface area contributed by atoms with Crippen LogP contribution in [0.3, 0.4) is 0 Å². The molecule has 0 fully saturated rings. The molecule has 5 heteroatoms. The van der Waals surface area contributed by atoms with Crippen LogP contribution in [0.2, 0.25) is 18.1 Å². The van der Waals surface area contributed by atoms with E-state index in [2.05, 4.69) is 47.7 Å². The van der Waals surface area contributed by atoms with Crippen LogP contribution in [0, 0.1) is 11.8 Å². The molecule has 4 nitrogen and oxygen atoms in total. The number of esters is 1. The lowest BCUT2D eigenvalue weighted by Crippen LogP contribution is -2.49. The Balaban J connectivity index is 2.93. The number of hydrogen-bond donors (Lipinski definition) is 0. The van der Waals surface area contributed by atoms with Gasteiger partial charge in [-0.1, -0.05) is 66.2 Å². The van der Waals surface area contributed by atoms with Crippen LogP contribution in [0.25, 0.3) is 0 Å². The topological polar surface area (TPSA) is 52.6 Å². The Morgan fingerprint density at radius 1 is 1.04 bits per heavy atom. The molecule has 28 heavy (non-hydrogen) atoms. The van der Waals surface area contributed by atoms with Crippen LogP contribution in [-0.4, -0.2) is 32.3 Å². The van der Waals surface area contributed by atoms with Crippen molar-refractivity contribution in [3.63, 3.8) is 0 Å². The Morgan fingerprint density at radius 3 is 2.04 bits per heavy atom. The molecule has 0 unspecified atom stereocenters. The number of carbonyl (C=O) groups excluding carboxylic acids is 2. The highest BCUT2D eigenvalue weighted by molar-refractivity contribution is 6.74. The van der Waals surface area contributed by atoms with Crippen molar-refractivity contribution >= 4 is 20.1 Å². The second kappa shape index (κ2) is 9.84. The van der Waals surface area contributed by atoms with Crippen molar-refractivity contribution in [1.29, 1.82) is 0 Å². The van der Waals surface area contributed by atoms with Gasteiger partial charge in [-0.15, -0.1) is 0 Å². The van der Waals surface area contributed by atoms with Gasteiger partial charge in [-0.3, -0.25) is 4.79 Å². The summed E-state index contributed by atoms with van der Waals surface area (Å²) in [4.78, 5) is 25.4. The van der Waals surface area contributed by atoms with Gasteiger partial charge in [0, 0.05) is 5.92 Å². The van der Waals surface area contributed by atoms with Crippen molar-refractivity contribution in [2.24, 2.45) is 11.8 Å². The molecular weight excluding hydrogens is 368 g/mol. The molecule has 0 aromatic heterocycles. The smallest absolute Gasteiger partial charge is 0.338 e. The fourth-order valence-corrected chi connectivity index (χ4v) is 4.32. The number of benzene rings is 1. The fourth-order valence-electron chi connectivity index (χ4n) is 2.85. The number of rotatable bonds is 9. The van der Waals surface area contributed by atoms with Gasteiger partial charge in [0.05, 0.1) is 11.7 Å². The van der Waals surface area contributed by atoms with E-state index in [4.69, 9.17) is 9.16 Å². The quantitative estimate of drug-likeness (QED) is 0.380. The molecular formula is C23H38O4Si. The lowest BCUT2D eigenvalue weighted by atomic mass is 9.87. The van der Waals surface area contributed by atoms with Crippen LogP contribution in [-0.2, 0) is 14.0 Å². The lowest BCUT2D eigenvalue weighted by molar-refractivity contribution is -0.134. The molecule has 0 amide bonds. The highest BCUT2D eigenvalue weighted by Crippen LogP contribution is 2.39. The van der Waals surface area contributed by atoms with Crippen molar-refractivity contribution in [2.75, 3.05) is 0 Å². The highest BCUT2D eigenvalue weighted by Gasteiger charge is 2.43. The lowest BCUT2D eigenvalue weighted by Gasteiger charge is -2.42. The van der Waals surface area contributed by atoms with E-state index in [9.17, 15) is 9.59 Å². The SMILES string of the molecule is CC[C@H](C)[C@@H](O[Si](C)(C)C(C)(C)C)[C@@H](C)C(=O)[C@H](C)OC(=O)c1ccccc1. The highest BCUT2D eigenvalue weighted by atomic mass is 28.4. The average molecular weight is 407 g/mol. The summed E-state index contributed by atoms with van der Waals surface area (Å²) in [6, 6.07) is 8.76. The van der Waals surface area contributed by atoms with Crippen molar-refractivity contribution < 1.29 is 18.8 Å². The number of ketones is 1. The number of carbonyl (C=O) groups is 2. The van der Waals surface area contributed by atoms with Crippen LogP contribution < -0.4 is 0 Å². The Labute approximate surface area is 172 Å². The van der Waals surface area contributed by atoms with E-state index >= 15 is 0 Å². The molecule has 0 saturated carbocycles. The molecule has 0 bridgehead atoms. The fraction of sp³-hybridized carbons (Fsp3) is 0.652. The predicted octanol–water partition coefficient (Wildman–Crippen LogP) is 5.87. The van der Waals surface area contributed by atoms with Gasteiger partial charge >= 0.3 is 5.97 Å². The molecule has 1 rings (SSSR count). The maximum absolute atomic E-state index is 13.1. The van der Waals surface area contributed by atoms with Crippen LogP contribution in [0.15, 0.2) is 30.3 Å². The van der Waals surface area contributed by atoms with Gasteiger partial charge in [0.1, 0.15) is 0 Å². The predicted molar refractivity (Wildman–Crippen MR) is 117 cm³/mol. The molecule has 0 radical (unpaired) electrons. The van der Waals surface area contributed by atoms with Crippen LogP contribution >= 0.6 is 0 Å². The van der Waals surface area contributed by atoms with Crippen LogP contribution in [0.4, 0.5) is 0 Å². The van der Waals surface area contributed by atoms with E-state index in [1.807, 2.05) is 13.0 Å². The molecule has 1 aromatic carbocycles. The Morgan fingerprint density at radius 2 is 1.57 bits per heavy atom. The normalized spacial score (nSPS) is 16.8. The molecule has 0 saturated heterocycles. The molecule has 0 aliphatic rings. The van der Waals surface area contributed by atoms with E-state index in [0.29, 0.717) is 5.56 Å². The van der Waals surface area contributed by atoms with E-state index in [-0.39, 0.29) is 28.8 Å². The molecule has 1 aromatic rings. The first-order chi connectivity index (χ1) is 12.8. The van der Waals surface area contributed by atoms with Crippen molar-refractivity contribution in [2.45, 2.75) is 85.2 Å². The van der Waals surface area contributed by atoms with Gasteiger partial charge in [-0.05, 0) is 43.1 Å². The first-order valence-corrected chi connectivity index (χ1v) is 13.2. The minimum atomic E-state index is -2.04. The maximum Gasteiger partial charge on any atom is 0.338 e. The van der Waals surface area contributed by atoms with E-state index < -0.39 is 20.4 Å². The van der Waals surface area contributed by atoms with E-state index in [0.717, 1.165) is 6.42 Å². The summed E-state index contributed by atoms with van der Waals surface area (Å²) >= 11 is 0. The molecule has 0 N–H and O–H groups in total. The van der Waals surface area contributed by atoms with Crippen molar-refractivity contribution in [1.82, 2.24) is 0 Å². The van der Waals surface area contributed by atoms with Crippen molar-refractivity contribution in [3.8, 4) is 0 Å². The minimum Gasteiger partial charge on any atom is -0.451 e. The first-order valence-electron chi connectivity index (χ1n) is 10.3. The Hall–Kier alpha value is -1.46. The molecule has 4 atom stereocenters. The van der Waals surface area contributed by atoms with Crippen LogP contribution in [0.1, 0.15) is 65.2 Å². The summed E-state index contributed by atoms with van der Waals surface area (Å²) in [7, 11) is -2.04. The summed E-state index contributed by atoms with van der Waals surface area (Å²) in [5.74, 6) is -0.667. The second-order valence-corrected chi connectivity index (χ2v) is 14.1. The molecule has 0 aliphatic heterocycles. The standard InChI is InChI=1S/C23H38O4Si/c1-10-16(2)21(27-28(8,9)23(5,6)7)17(3)20(24)18(4)26-22(25)19-14-12-11-13-15-19/h11-18,21H,10H2,1-9H3/t16-,17-,18-,21+/m0/s1. The van der Waals surface area contributed by atoms with Gasteiger partial charge in [-0.25, -0.2) is 4.79 Å². The summed E-state index contributed by atoms with van der Waals surface area (Å²) in [5, 5.41) is 0.0624. The van der Waals surface area contributed by atoms with Gasteiger partial charge in [-0.2, -0.15) is 0 Å². The zero-order valence-electron chi connectivity index (χ0n) is 19.0. The van der Waals surface area contributed by atoms with E-state index in [1.54, 1.807) is 31.2 Å². The van der Waals surface area contributed by atoms with Crippen LogP contribution in [0.5, 0.6) is 0 Å². The largest absolute Gasteiger partial charge is 0.451 e. The zero-order valence-corrected chi connectivity index (χ0v) is 20.0. The molecule has 0 aliphatic carbocycles. The third-order valence-corrected chi connectivity index (χ3v) is 10.6. The monoisotopic (exact) mass is 406 g/mol. The van der Waals surface area contributed by atoms with Gasteiger partial charge in [0.25, 0.3) is 0 Å². The molecule has 0 spiro atoms. The summed E-state index contributed by atoms with van der Waals surface area (Å²) < 4.78 is 12.1. The van der Waals surface area contributed by atoms with E-state index in [1.165, 1.54) is 0 Å². The molecule has 0 heterocycles. The minimum absolute atomic E-state index is 0.0624. The summed E-state index contributed by atoms with van der Waals surface area (Å²) in [6.07, 6.45) is -0.0664. The van der Waals surface area contributed by atoms with Gasteiger partial charge < -0.3 is 9.16 Å². The third-order valence-electron chi connectivity index (χ3n) is 6.08. The van der Waals surface area contributed by atoms with Gasteiger partial charge in [0.2, 0.25) is 0 Å². The van der Waals surface area contributed by atoms with Crippen molar-refractivity contribution in [3.05, 3.63) is 35.9 Å². The molecule has 158 valence electrons. The maximum atomic E-state index is 13.1. The Kier molecular flexibility index (Phi) is 8.63. The Bertz CT molecular complexity index is 648. The number of Topliss-reactive ketones (excluding diaryl/α,β-unsaturated/α-hetero) is 1.